The van der Waals surface area contributed by atoms with Gasteiger partial charge in [-0.15, -0.1) is 11.3 Å². The molecule has 0 saturated carbocycles. The Hall–Kier alpha value is -0.880. The molecule has 0 saturated heterocycles. The predicted molar refractivity (Wildman–Crippen MR) is 84.1 cm³/mol. The van der Waals surface area contributed by atoms with Gasteiger partial charge in [0.05, 0.1) is 6.61 Å². The number of amides is 1. The van der Waals surface area contributed by atoms with E-state index < -0.39 is 0 Å². The molecule has 0 aliphatic heterocycles. The van der Waals surface area contributed by atoms with Gasteiger partial charge in [0, 0.05) is 17.4 Å². The molecule has 20 heavy (non-hydrogen) atoms. The summed E-state index contributed by atoms with van der Waals surface area (Å²) in [7, 11) is 0. The van der Waals surface area contributed by atoms with Crippen LogP contribution in [0.1, 0.15) is 48.7 Å². The monoisotopic (exact) mass is 361 g/mol. The number of hydrogen-bond acceptors (Lipinski definition) is 4. The van der Waals surface area contributed by atoms with Crippen molar-refractivity contribution >= 4 is 39.1 Å². The second-order valence-electron chi connectivity index (χ2n) is 4.32. The highest BCUT2D eigenvalue weighted by Crippen LogP contribution is 2.22. The lowest BCUT2D eigenvalue weighted by atomic mass is 10.1. The van der Waals surface area contributed by atoms with Gasteiger partial charge in [0.25, 0.3) is 5.91 Å². The summed E-state index contributed by atoms with van der Waals surface area (Å²) in [5.74, 6) is -0.151. The van der Waals surface area contributed by atoms with Crippen LogP contribution >= 0.6 is 27.3 Å². The molecule has 1 amide bonds. The van der Waals surface area contributed by atoms with Crippen LogP contribution in [-0.4, -0.2) is 25.0 Å². The number of unbranched alkanes of at least 4 members (excludes halogenated alkanes) is 3. The van der Waals surface area contributed by atoms with Crippen molar-refractivity contribution in [3.63, 3.8) is 0 Å². The number of nitrogens with one attached hydrogen (secondary N) is 1. The molecule has 1 aromatic heterocycles. The van der Waals surface area contributed by atoms with Crippen molar-refractivity contribution in [1.82, 2.24) is 5.32 Å². The molecule has 0 aromatic carbocycles. The van der Waals surface area contributed by atoms with E-state index in [4.69, 9.17) is 4.74 Å². The number of halogens is 1. The van der Waals surface area contributed by atoms with Crippen LogP contribution in [0.2, 0.25) is 0 Å². The molecule has 0 fully saturated rings. The summed E-state index contributed by atoms with van der Waals surface area (Å²) < 4.78 is 5.70. The lowest BCUT2D eigenvalue weighted by Crippen LogP contribution is -2.23. The molecule has 1 rings (SSSR count). The summed E-state index contributed by atoms with van der Waals surface area (Å²) in [6, 6.07) is 1.87. The second-order valence-corrected chi connectivity index (χ2v) is 6.09. The first-order valence-electron chi connectivity index (χ1n) is 6.82. The van der Waals surface area contributed by atoms with Crippen LogP contribution < -0.4 is 5.32 Å². The Balaban J connectivity index is 2.01. The summed E-state index contributed by atoms with van der Waals surface area (Å²) in [5.41, 5.74) is 0. The molecule has 0 spiro atoms. The molecule has 1 heterocycles. The topological polar surface area (TPSA) is 55.4 Å². The maximum atomic E-state index is 11.8. The van der Waals surface area contributed by atoms with Gasteiger partial charge in [0.1, 0.15) is 4.88 Å². The second kappa shape index (κ2) is 9.94. The smallest absolute Gasteiger partial charge is 0.305 e. The Morgan fingerprint density at radius 3 is 2.70 bits per heavy atom. The fraction of sp³-hybridized carbons (Fsp3) is 0.571. The van der Waals surface area contributed by atoms with Gasteiger partial charge < -0.3 is 10.1 Å². The molecule has 0 radical (unpaired) electrons. The average molecular weight is 362 g/mol. The third-order valence-electron chi connectivity index (χ3n) is 2.72. The number of hydrogen-bond donors (Lipinski definition) is 1. The minimum absolute atomic E-state index is 0.0293. The maximum absolute atomic E-state index is 11.8. The third kappa shape index (κ3) is 6.52. The Morgan fingerprint density at radius 1 is 1.30 bits per heavy atom. The fourth-order valence-electron chi connectivity index (χ4n) is 1.72. The van der Waals surface area contributed by atoms with E-state index in [9.17, 15) is 9.59 Å². The van der Waals surface area contributed by atoms with Gasteiger partial charge in [-0.2, -0.15) is 0 Å². The molecule has 0 atom stereocenters. The van der Waals surface area contributed by atoms with E-state index in [1.807, 2.05) is 18.4 Å². The Labute approximate surface area is 132 Å². The molecule has 1 N–H and O–H groups in total. The zero-order valence-electron chi connectivity index (χ0n) is 11.6. The van der Waals surface area contributed by atoms with Gasteiger partial charge in [-0.3, -0.25) is 9.59 Å². The van der Waals surface area contributed by atoms with Crippen molar-refractivity contribution in [2.24, 2.45) is 0 Å². The first kappa shape index (κ1) is 17.2. The summed E-state index contributed by atoms with van der Waals surface area (Å²) in [4.78, 5) is 23.6. The molecule has 0 unspecified atom stereocenters. The van der Waals surface area contributed by atoms with Crippen molar-refractivity contribution < 1.29 is 14.3 Å². The number of rotatable bonds is 9. The predicted octanol–water partition coefficient (Wildman–Crippen LogP) is 3.75. The van der Waals surface area contributed by atoms with Crippen LogP contribution in [0.15, 0.2) is 15.9 Å². The zero-order valence-corrected chi connectivity index (χ0v) is 14.0. The minimum Gasteiger partial charge on any atom is -0.466 e. The van der Waals surface area contributed by atoms with Crippen molar-refractivity contribution in [3.8, 4) is 0 Å². The minimum atomic E-state index is -0.122. The number of carbonyl (C=O) groups excluding carboxylic acids is 2. The van der Waals surface area contributed by atoms with E-state index in [0.29, 0.717) is 24.4 Å². The van der Waals surface area contributed by atoms with E-state index in [-0.39, 0.29) is 11.9 Å². The molecule has 0 aliphatic carbocycles. The van der Waals surface area contributed by atoms with Crippen LogP contribution in [0.4, 0.5) is 0 Å². The van der Waals surface area contributed by atoms with Crippen molar-refractivity contribution in [3.05, 3.63) is 20.8 Å². The first-order valence-corrected chi connectivity index (χ1v) is 8.49. The molecule has 4 nitrogen and oxygen atoms in total. The summed E-state index contributed by atoms with van der Waals surface area (Å²) in [6.07, 6.45) is 4.26. The first-order chi connectivity index (χ1) is 9.65. The van der Waals surface area contributed by atoms with Crippen LogP contribution in [-0.2, 0) is 9.53 Å². The highest BCUT2D eigenvalue weighted by Gasteiger charge is 2.10. The average Bonchev–Trinajstić information content (AvgIpc) is 2.84. The van der Waals surface area contributed by atoms with Crippen molar-refractivity contribution in [2.75, 3.05) is 13.2 Å². The summed E-state index contributed by atoms with van der Waals surface area (Å²) >= 11 is 4.77. The van der Waals surface area contributed by atoms with Gasteiger partial charge in [-0.05, 0) is 47.1 Å². The summed E-state index contributed by atoms with van der Waals surface area (Å²) in [6.45, 7) is 2.93. The third-order valence-corrected chi connectivity index (χ3v) is 4.56. The van der Waals surface area contributed by atoms with Gasteiger partial charge in [0.15, 0.2) is 0 Å². The Bertz CT molecular complexity index is 434. The molecular weight excluding hydrogens is 342 g/mol. The van der Waals surface area contributed by atoms with Gasteiger partial charge in [-0.25, -0.2) is 0 Å². The van der Waals surface area contributed by atoms with E-state index in [2.05, 4.69) is 21.2 Å². The van der Waals surface area contributed by atoms with E-state index in [1.54, 1.807) is 0 Å². The SMILES string of the molecule is CCOC(=O)CCCCCCNC(=O)c1sccc1Br. The Kier molecular flexibility index (Phi) is 8.53. The van der Waals surface area contributed by atoms with Crippen LogP contribution in [0, 0.1) is 0 Å². The number of carbonyl (C=O) groups is 2. The number of esters is 1. The molecule has 6 heteroatoms. The van der Waals surface area contributed by atoms with Crippen molar-refractivity contribution in [1.29, 1.82) is 0 Å². The molecule has 0 bridgehead atoms. The molecule has 112 valence electrons. The zero-order chi connectivity index (χ0) is 14.8. The maximum Gasteiger partial charge on any atom is 0.305 e. The van der Waals surface area contributed by atoms with E-state index in [0.717, 1.165) is 30.2 Å². The molecule has 0 aliphatic rings. The highest BCUT2D eigenvalue weighted by atomic mass is 79.9. The highest BCUT2D eigenvalue weighted by molar-refractivity contribution is 9.10. The van der Waals surface area contributed by atoms with E-state index in [1.165, 1.54) is 11.3 Å². The van der Waals surface area contributed by atoms with Gasteiger partial charge in [-0.1, -0.05) is 12.8 Å². The molecular formula is C14H20BrNO3S. The Morgan fingerprint density at radius 2 is 2.05 bits per heavy atom. The summed E-state index contributed by atoms with van der Waals surface area (Å²) in [5, 5.41) is 4.78. The normalized spacial score (nSPS) is 10.3. The number of ether oxygens (including phenoxy) is 1. The van der Waals surface area contributed by atoms with Crippen LogP contribution in [0.5, 0.6) is 0 Å². The quantitative estimate of drug-likeness (QED) is 0.538. The largest absolute Gasteiger partial charge is 0.466 e. The fourth-order valence-corrected chi connectivity index (χ4v) is 3.19. The van der Waals surface area contributed by atoms with Crippen molar-refractivity contribution in [2.45, 2.75) is 39.0 Å². The molecule has 1 aromatic rings. The lowest BCUT2D eigenvalue weighted by molar-refractivity contribution is -0.143. The van der Waals surface area contributed by atoms with Gasteiger partial charge >= 0.3 is 5.97 Å². The van der Waals surface area contributed by atoms with Gasteiger partial charge in [0.2, 0.25) is 0 Å². The van der Waals surface area contributed by atoms with E-state index >= 15 is 0 Å². The number of thiophene rings is 1. The lowest BCUT2D eigenvalue weighted by Gasteiger charge is -2.04. The standard InChI is InChI=1S/C14H20BrNO3S/c1-2-19-12(17)7-5-3-4-6-9-16-14(18)13-11(15)8-10-20-13/h8,10H,2-7,9H2,1H3,(H,16,18). The van der Waals surface area contributed by atoms with Crippen LogP contribution in [0.3, 0.4) is 0 Å². The van der Waals surface area contributed by atoms with Crippen LogP contribution in [0.25, 0.3) is 0 Å².